The Morgan fingerprint density at radius 1 is 1.47 bits per heavy atom. The van der Waals surface area contributed by atoms with Crippen LogP contribution in [-0.2, 0) is 4.79 Å². The highest BCUT2D eigenvalue weighted by Gasteiger charge is 2.21. The maximum Gasteiger partial charge on any atom is 0.321 e. The quantitative estimate of drug-likeness (QED) is 0.655. The second-order valence-corrected chi connectivity index (χ2v) is 4.87. The molecule has 0 aromatic heterocycles. The number of carboxylic acid groups (broad SMARTS) is 1. The summed E-state index contributed by atoms with van der Waals surface area (Å²) in [5, 5.41) is 8.98. The Labute approximate surface area is 95.5 Å². The molecule has 0 aliphatic carbocycles. The van der Waals surface area contributed by atoms with Crippen LogP contribution in [-0.4, -0.2) is 28.3 Å². The van der Waals surface area contributed by atoms with Crippen molar-refractivity contribution in [1.82, 2.24) is 4.67 Å². The maximum atomic E-state index is 10.9. The summed E-state index contributed by atoms with van der Waals surface area (Å²) < 4.78 is 1.88. The summed E-state index contributed by atoms with van der Waals surface area (Å²) in [7, 11) is 2.55. The minimum atomic E-state index is -0.727. The number of rotatable bonds is 8. The first-order chi connectivity index (χ1) is 7.02. The number of hydrogen-bond acceptors (Lipinski definition) is 2. The minimum Gasteiger partial charge on any atom is -0.480 e. The zero-order valence-electron chi connectivity index (χ0n) is 10.1. The number of carbonyl (C=O) groups is 1. The van der Waals surface area contributed by atoms with Crippen molar-refractivity contribution in [2.75, 3.05) is 6.54 Å². The van der Waals surface area contributed by atoms with Crippen molar-refractivity contribution in [3.05, 3.63) is 0 Å². The smallest absolute Gasteiger partial charge is 0.321 e. The third-order valence-corrected chi connectivity index (χ3v) is 3.22. The number of unbranched alkanes of at least 4 members (excludes halogenated alkanes) is 1. The third-order valence-electron chi connectivity index (χ3n) is 2.65. The molecule has 0 fully saturated rings. The van der Waals surface area contributed by atoms with E-state index in [1.54, 1.807) is 0 Å². The monoisotopic (exact) mass is 233 g/mol. The van der Waals surface area contributed by atoms with E-state index in [-0.39, 0.29) is 6.04 Å². The molecular weight excluding hydrogens is 209 g/mol. The fourth-order valence-corrected chi connectivity index (χ4v) is 2.38. The lowest BCUT2D eigenvalue weighted by atomic mass is 10.0. The number of carboxylic acids is 1. The summed E-state index contributed by atoms with van der Waals surface area (Å²) in [5.41, 5.74) is 0. The van der Waals surface area contributed by atoms with Crippen molar-refractivity contribution in [3.63, 3.8) is 0 Å². The Morgan fingerprint density at radius 3 is 2.47 bits per heavy atom. The van der Waals surface area contributed by atoms with Crippen LogP contribution in [0.5, 0.6) is 0 Å². The summed E-state index contributed by atoms with van der Waals surface area (Å²) in [6.45, 7) is 7.11. The van der Waals surface area contributed by atoms with Gasteiger partial charge in [-0.2, -0.15) is 0 Å². The molecule has 4 heteroatoms. The highest BCUT2D eigenvalue weighted by molar-refractivity contribution is 7.13. The summed E-state index contributed by atoms with van der Waals surface area (Å²) in [5.74, 6) is -0.161. The van der Waals surface area contributed by atoms with Gasteiger partial charge in [-0.15, -0.1) is 0 Å². The topological polar surface area (TPSA) is 40.5 Å². The van der Waals surface area contributed by atoms with Crippen LogP contribution in [0, 0.1) is 5.92 Å². The highest BCUT2D eigenvalue weighted by atomic mass is 31.0. The minimum absolute atomic E-state index is 0.362. The van der Waals surface area contributed by atoms with E-state index in [2.05, 4.69) is 23.2 Å². The number of hydrogen-bond donors (Lipinski definition) is 1. The van der Waals surface area contributed by atoms with E-state index in [1.807, 2.05) is 11.6 Å². The van der Waals surface area contributed by atoms with E-state index in [9.17, 15) is 4.79 Å². The predicted octanol–water partition coefficient (Wildman–Crippen LogP) is 2.77. The molecule has 0 rings (SSSR count). The molecule has 0 bridgehead atoms. The van der Waals surface area contributed by atoms with Crippen LogP contribution in [0.4, 0.5) is 0 Å². The zero-order chi connectivity index (χ0) is 11.8. The lowest BCUT2D eigenvalue weighted by Gasteiger charge is -2.26. The molecule has 0 saturated heterocycles. The summed E-state index contributed by atoms with van der Waals surface area (Å²) in [6, 6.07) is -0.362. The van der Waals surface area contributed by atoms with Gasteiger partial charge in [0, 0.05) is 6.54 Å². The molecular formula is C11H24NO2P. The molecule has 0 spiro atoms. The molecule has 3 nitrogen and oxygen atoms in total. The first-order valence-electron chi connectivity index (χ1n) is 5.77. The molecule has 3 atom stereocenters. The molecule has 0 aliphatic rings. The molecule has 3 unspecified atom stereocenters. The van der Waals surface area contributed by atoms with Gasteiger partial charge in [-0.05, 0) is 18.8 Å². The molecule has 0 aromatic carbocycles. The van der Waals surface area contributed by atoms with Gasteiger partial charge in [-0.3, -0.25) is 9.46 Å². The van der Waals surface area contributed by atoms with E-state index in [4.69, 9.17) is 5.11 Å². The molecule has 0 saturated carbocycles. The van der Waals surface area contributed by atoms with E-state index in [0.29, 0.717) is 12.3 Å². The normalized spacial score (nSPS) is 15.3. The largest absolute Gasteiger partial charge is 0.480 e. The summed E-state index contributed by atoms with van der Waals surface area (Å²) >= 11 is 0. The summed E-state index contributed by atoms with van der Waals surface area (Å²) in [6.07, 6.45) is 4.26. The standard InChI is InChI=1S/C11H24NO2P/c1-4-6-7-9(3)8-12(15)10(5-2)11(13)14/h9-10H,4-8,15H2,1-3H3,(H,13,14). The highest BCUT2D eigenvalue weighted by Crippen LogP contribution is 2.16. The van der Waals surface area contributed by atoms with Crippen molar-refractivity contribution in [3.8, 4) is 0 Å². The van der Waals surface area contributed by atoms with Crippen LogP contribution < -0.4 is 0 Å². The average Bonchev–Trinajstić information content (AvgIpc) is 2.15. The van der Waals surface area contributed by atoms with Gasteiger partial charge >= 0.3 is 5.97 Å². The van der Waals surface area contributed by atoms with Crippen LogP contribution in [0.2, 0.25) is 0 Å². The maximum absolute atomic E-state index is 10.9. The molecule has 0 aliphatic heterocycles. The lowest BCUT2D eigenvalue weighted by molar-refractivity contribution is -0.141. The SMILES string of the molecule is CCCCC(C)CN(P)C(CC)C(=O)O. The van der Waals surface area contributed by atoms with E-state index >= 15 is 0 Å². The van der Waals surface area contributed by atoms with Gasteiger partial charge in [0.15, 0.2) is 0 Å². The fraction of sp³-hybridized carbons (Fsp3) is 0.909. The fourth-order valence-electron chi connectivity index (χ4n) is 1.68. The van der Waals surface area contributed by atoms with Crippen molar-refractivity contribution < 1.29 is 9.90 Å². The third kappa shape index (κ3) is 6.11. The van der Waals surface area contributed by atoms with Crippen LogP contribution in [0.3, 0.4) is 0 Å². The van der Waals surface area contributed by atoms with Gasteiger partial charge in [0.1, 0.15) is 6.04 Å². The van der Waals surface area contributed by atoms with Crippen LogP contribution in [0.15, 0.2) is 0 Å². The predicted molar refractivity (Wildman–Crippen MR) is 66.8 cm³/mol. The van der Waals surface area contributed by atoms with Crippen molar-refractivity contribution in [1.29, 1.82) is 0 Å². The first-order valence-corrected chi connectivity index (χ1v) is 6.28. The van der Waals surface area contributed by atoms with Gasteiger partial charge < -0.3 is 5.11 Å². The van der Waals surface area contributed by atoms with Crippen LogP contribution in [0.25, 0.3) is 0 Å². The lowest BCUT2D eigenvalue weighted by Crippen LogP contribution is -2.36. The van der Waals surface area contributed by atoms with E-state index in [0.717, 1.165) is 6.54 Å². The number of aliphatic carboxylic acids is 1. The molecule has 0 radical (unpaired) electrons. The first kappa shape index (κ1) is 14.9. The van der Waals surface area contributed by atoms with E-state index in [1.165, 1.54) is 19.3 Å². The second-order valence-electron chi connectivity index (χ2n) is 4.21. The van der Waals surface area contributed by atoms with Crippen LogP contribution >= 0.6 is 9.39 Å². The Morgan fingerprint density at radius 2 is 2.07 bits per heavy atom. The summed E-state index contributed by atoms with van der Waals surface area (Å²) in [4.78, 5) is 10.9. The van der Waals surface area contributed by atoms with Crippen molar-refractivity contribution in [2.24, 2.45) is 5.92 Å². The molecule has 90 valence electrons. The molecule has 1 N–H and O–H groups in total. The molecule has 0 amide bonds. The second kappa shape index (κ2) is 8.06. The number of nitrogens with zero attached hydrogens (tertiary/aromatic N) is 1. The van der Waals surface area contributed by atoms with Crippen LogP contribution in [0.1, 0.15) is 46.5 Å². The van der Waals surface area contributed by atoms with Gasteiger partial charge in [0.2, 0.25) is 0 Å². The van der Waals surface area contributed by atoms with Gasteiger partial charge in [-0.1, -0.05) is 43.0 Å². The Hall–Kier alpha value is -0.140. The molecule has 0 aromatic rings. The van der Waals surface area contributed by atoms with E-state index < -0.39 is 5.97 Å². The Bertz CT molecular complexity index is 187. The molecule has 0 heterocycles. The van der Waals surface area contributed by atoms with Gasteiger partial charge in [0.25, 0.3) is 0 Å². The Kier molecular flexibility index (Phi) is 7.99. The van der Waals surface area contributed by atoms with Crippen molar-refractivity contribution in [2.45, 2.75) is 52.5 Å². The zero-order valence-corrected chi connectivity index (χ0v) is 11.2. The van der Waals surface area contributed by atoms with Gasteiger partial charge in [-0.25, -0.2) is 0 Å². The van der Waals surface area contributed by atoms with Gasteiger partial charge in [0.05, 0.1) is 0 Å². The van der Waals surface area contributed by atoms with Crippen molar-refractivity contribution >= 4 is 15.4 Å². The molecule has 15 heavy (non-hydrogen) atoms. The average molecular weight is 233 g/mol. The Balaban J connectivity index is 3.98.